The quantitative estimate of drug-likeness (QED) is 0.701. The molecule has 0 aromatic carbocycles. The Kier molecular flexibility index (Phi) is 7.15. The van der Waals surface area contributed by atoms with Crippen molar-refractivity contribution in [1.29, 1.82) is 0 Å². The highest BCUT2D eigenvalue weighted by molar-refractivity contribution is 5.91. The number of esters is 1. The largest absolute Gasteiger partial charge is 0.467 e. The molecule has 0 bridgehead atoms. The first-order chi connectivity index (χ1) is 10.4. The lowest BCUT2D eigenvalue weighted by Gasteiger charge is -2.18. The zero-order chi connectivity index (χ0) is 16.5. The third-order valence-corrected chi connectivity index (χ3v) is 2.91. The van der Waals surface area contributed by atoms with E-state index >= 15 is 0 Å². The van der Waals surface area contributed by atoms with Gasteiger partial charge in [0.2, 0.25) is 5.91 Å². The maximum absolute atomic E-state index is 11.8. The fourth-order valence-corrected chi connectivity index (χ4v) is 1.88. The van der Waals surface area contributed by atoms with Gasteiger partial charge in [-0.25, -0.2) is 4.79 Å². The topological polar surface area (TPSA) is 97.6 Å². The van der Waals surface area contributed by atoms with Gasteiger partial charge in [0.1, 0.15) is 6.04 Å². The van der Waals surface area contributed by atoms with E-state index in [-0.39, 0.29) is 36.5 Å². The summed E-state index contributed by atoms with van der Waals surface area (Å²) in [6.45, 7) is 4.05. The van der Waals surface area contributed by atoms with Crippen molar-refractivity contribution in [1.82, 2.24) is 10.6 Å². The van der Waals surface area contributed by atoms with Crippen molar-refractivity contribution in [2.24, 2.45) is 5.92 Å². The molecule has 1 aromatic rings. The van der Waals surface area contributed by atoms with Crippen LogP contribution in [0, 0.1) is 5.92 Å². The average molecular weight is 310 g/mol. The molecule has 0 fully saturated rings. The molecule has 0 aliphatic rings. The smallest absolute Gasteiger partial charge is 0.328 e. The van der Waals surface area contributed by atoms with E-state index in [1.165, 1.54) is 19.4 Å². The van der Waals surface area contributed by atoms with Crippen molar-refractivity contribution in [2.45, 2.75) is 32.7 Å². The van der Waals surface area contributed by atoms with Crippen LogP contribution in [0.3, 0.4) is 0 Å². The number of furan rings is 1. The SMILES string of the molecule is COC(=O)C(CC(C)C)NC(=O)CCNC(=O)c1ccco1. The normalized spacial score (nSPS) is 11.8. The van der Waals surface area contributed by atoms with Crippen LogP contribution in [0.25, 0.3) is 0 Å². The number of methoxy groups -OCH3 is 1. The van der Waals surface area contributed by atoms with Crippen LogP contribution in [0.2, 0.25) is 0 Å². The van der Waals surface area contributed by atoms with E-state index in [9.17, 15) is 14.4 Å². The fraction of sp³-hybridized carbons (Fsp3) is 0.533. The lowest BCUT2D eigenvalue weighted by Crippen LogP contribution is -2.43. The van der Waals surface area contributed by atoms with Gasteiger partial charge < -0.3 is 19.8 Å². The van der Waals surface area contributed by atoms with E-state index < -0.39 is 12.0 Å². The summed E-state index contributed by atoms with van der Waals surface area (Å²) >= 11 is 0. The monoisotopic (exact) mass is 310 g/mol. The summed E-state index contributed by atoms with van der Waals surface area (Å²) in [7, 11) is 1.28. The maximum Gasteiger partial charge on any atom is 0.328 e. The van der Waals surface area contributed by atoms with Crippen LogP contribution < -0.4 is 10.6 Å². The molecule has 0 radical (unpaired) electrons. The molecule has 0 spiro atoms. The Morgan fingerprint density at radius 2 is 2.05 bits per heavy atom. The summed E-state index contributed by atoms with van der Waals surface area (Å²) in [5, 5.41) is 5.18. The van der Waals surface area contributed by atoms with Gasteiger partial charge in [-0.1, -0.05) is 13.8 Å². The molecule has 2 N–H and O–H groups in total. The minimum Gasteiger partial charge on any atom is -0.467 e. The molecule has 22 heavy (non-hydrogen) atoms. The predicted molar refractivity (Wildman–Crippen MR) is 79.1 cm³/mol. The number of nitrogens with one attached hydrogen (secondary N) is 2. The van der Waals surface area contributed by atoms with Gasteiger partial charge in [-0.2, -0.15) is 0 Å². The van der Waals surface area contributed by atoms with Gasteiger partial charge >= 0.3 is 5.97 Å². The van der Waals surface area contributed by atoms with Crippen LogP contribution in [0.4, 0.5) is 0 Å². The van der Waals surface area contributed by atoms with Gasteiger partial charge in [0.15, 0.2) is 5.76 Å². The molecule has 7 heteroatoms. The molecule has 1 aromatic heterocycles. The van der Waals surface area contributed by atoms with Gasteiger partial charge in [0.05, 0.1) is 13.4 Å². The number of rotatable bonds is 8. The van der Waals surface area contributed by atoms with Gasteiger partial charge in [0.25, 0.3) is 5.91 Å². The first-order valence-electron chi connectivity index (χ1n) is 7.13. The summed E-state index contributed by atoms with van der Waals surface area (Å²) in [4.78, 5) is 35.0. The van der Waals surface area contributed by atoms with Crippen LogP contribution in [0.15, 0.2) is 22.8 Å². The van der Waals surface area contributed by atoms with Crippen molar-refractivity contribution in [3.8, 4) is 0 Å². The lowest BCUT2D eigenvalue weighted by molar-refractivity contribution is -0.145. The summed E-state index contributed by atoms with van der Waals surface area (Å²) < 4.78 is 9.60. The third-order valence-electron chi connectivity index (χ3n) is 2.91. The highest BCUT2D eigenvalue weighted by atomic mass is 16.5. The number of ether oxygens (including phenoxy) is 1. The Balaban J connectivity index is 2.37. The Labute approximate surface area is 129 Å². The van der Waals surface area contributed by atoms with Gasteiger partial charge in [-0.3, -0.25) is 9.59 Å². The number of hydrogen-bond donors (Lipinski definition) is 2. The summed E-state index contributed by atoms with van der Waals surface area (Å²) in [5.41, 5.74) is 0. The van der Waals surface area contributed by atoms with Crippen molar-refractivity contribution in [3.63, 3.8) is 0 Å². The highest BCUT2D eigenvalue weighted by Gasteiger charge is 2.22. The number of carbonyl (C=O) groups is 3. The minimum atomic E-state index is -0.668. The standard InChI is InChI=1S/C15H22N2O5/c1-10(2)9-11(15(20)21-3)17-13(18)6-7-16-14(19)12-5-4-8-22-12/h4-5,8,10-11H,6-7,9H2,1-3H3,(H,16,19)(H,17,18). The van der Waals surface area contributed by atoms with E-state index in [0.717, 1.165) is 0 Å². The van der Waals surface area contributed by atoms with Crippen molar-refractivity contribution in [3.05, 3.63) is 24.2 Å². The predicted octanol–water partition coefficient (Wildman–Crippen LogP) is 1.10. The fourth-order valence-electron chi connectivity index (χ4n) is 1.88. The molecular formula is C15H22N2O5. The lowest BCUT2D eigenvalue weighted by atomic mass is 10.0. The highest BCUT2D eigenvalue weighted by Crippen LogP contribution is 2.06. The number of amides is 2. The molecule has 1 heterocycles. The van der Waals surface area contributed by atoms with Gasteiger partial charge in [-0.15, -0.1) is 0 Å². The number of carbonyl (C=O) groups excluding carboxylic acids is 3. The molecular weight excluding hydrogens is 288 g/mol. The van der Waals surface area contributed by atoms with Gasteiger partial charge in [0, 0.05) is 13.0 Å². The van der Waals surface area contributed by atoms with Crippen LogP contribution in [-0.4, -0.2) is 37.5 Å². The van der Waals surface area contributed by atoms with Crippen LogP contribution in [0.5, 0.6) is 0 Å². The maximum atomic E-state index is 11.8. The second-order valence-corrected chi connectivity index (χ2v) is 5.26. The number of hydrogen-bond acceptors (Lipinski definition) is 5. The molecule has 122 valence electrons. The van der Waals surface area contributed by atoms with E-state index in [0.29, 0.717) is 6.42 Å². The third kappa shape index (κ3) is 5.99. The first-order valence-corrected chi connectivity index (χ1v) is 7.13. The second-order valence-electron chi connectivity index (χ2n) is 5.26. The zero-order valence-corrected chi connectivity index (χ0v) is 13.0. The van der Waals surface area contributed by atoms with Crippen molar-refractivity contribution in [2.75, 3.05) is 13.7 Å². The summed E-state index contributed by atoms with van der Waals surface area (Å²) in [6, 6.07) is 2.47. The Bertz CT molecular complexity index is 496. The molecule has 0 saturated carbocycles. The van der Waals surface area contributed by atoms with Gasteiger partial charge in [-0.05, 0) is 24.5 Å². The zero-order valence-electron chi connectivity index (χ0n) is 13.0. The average Bonchev–Trinajstić information content (AvgIpc) is 2.99. The summed E-state index contributed by atoms with van der Waals surface area (Å²) in [6.07, 6.45) is 1.96. The molecule has 0 aliphatic heterocycles. The minimum absolute atomic E-state index is 0.0675. The van der Waals surface area contributed by atoms with E-state index in [2.05, 4.69) is 15.4 Å². The molecule has 0 aliphatic carbocycles. The molecule has 0 saturated heterocycles. The Hall–Kier alpha value is -2.31. The molecule has 1 atom stereocenters. The Morgan fingerprint density at radius 3 is 2.59 bits per heavy atom. The molecule has 1 rings (SSSR count). The van der Waals surface area contributed by atoms with Crippen LogP contribution >= 0.6 is 0 Å². The van der Waals surface area contributed by atoms with E-state index in [1.807, 2.05) is 13.8 Å². The van der Waals surface area contributed by atoms with Crippen molar-refractivity contribution < 1.29 is 23.5 Å². The van der Waals surface area contributed by atoms with Crippen LogP contribution in [-0.2, 0) is 14.3 Å². The van der Waals surface area contributed by atoms with Crippen molar-refractivity contribution >= 4 is 17.8 Å². The molecule has 1 unspecified atom stereocenters. The van der Waals surface area contributed by atoms with Crippen LogP contribution in [0.1, 0.15) is 37.2 Å². The summed E-state index contributed by atoms with van der Waals surface area (Å²) in [5.74, 6) is -0.752. The van der Waals surface area contributed by atoms with E-state index in [4.69, 9.17) is 4.42 Å². The van der Waals surface area contributed by atoms with E-state index in [1.54, 1.807) is 6.07 Å². The second kappa shape index (κ2) is 8.86. The molecule has 7 nitrogen and oxygen atoms in total. The Morgan fingerprint density at radius 1 is 1.32 bits per heavy atom. The first kappa shape index (κ1) is 17.7. The molecule has 2 amide bonds.